The normalized spacial score (nSPS) is 15.4. The third kappa shape index (κ3) is 6.83. The summed E-state index contributed by atoms with van der Waals surface area (Å²) in [6.07, 6.45) is -0.629. The van der Waals surface area contributed by atoms with E-state index in [2.05, 4.69) is 4.90 Å². The smallest absolute Gasteiger partial charge is 0.253 e. The fraction of sp³-hybridized carbons (Fsp3) is 0.435. The van der Waals surface area contributed by atoms with Gasteiger partial charge in [-0.2, -0.15) is 0 Å². The van der Waals surface area contributed by atoms with Crippen LogP contribution in [-0.4, -0.2) is 80.5 Å². The van der Waals surface area contributed by atoms with Crippen molar-refractivity contribution in [1.29, 1.82) is 0 Å². The summed E-state index contributed by atoms with van der Waals surface area (Å²) < 4.78 is 16.6. The molecule has 168 valence electrons. The molecule has 0 aliphatic carbocycles. The zero-order chi connectivity index (χ0) is 22.2. The Balaban J connectivity index is 1.57. The summed E-state index contributed by atoms with van der Waals surface area (Å²) in [6, 6.07) is 12.5. The van der Waals surface area contributed by atoms with E-state index in [1.54, 1.807) is 25.2 Å². The molecule has 2 aromatic carbocycles. The summed E-state index contributed by atoms with van der Waals surface area (Å²) in [4.78, 5) is 16.5. The summed E-state index contributed by atoms with van der Waals surface area (Å²) >= 11 is 5.91. The van der Waals surface area contributed by atoms with E-state index in [9.17, 15) is 9.90 Å². The number of halogens is 1. The highest BCUT2D eigenvalue weighted by atomic mass is 35.5. The van der Waals surface area contributed by atoms with Crippen LogP contribution in [0, 0.1) is 0 Å². The second-order valence-electron chi connectivity index (χ2n) is 7.53. The van der Waals surface area contributed by atoms with Crippen molar-refractivity contribution < 1.29 is 24.1 Å². The molecule has 1 unspecified atom stereocenters. The van der Waals surface area contributed by atoms with E-state index in [1.165, 1.54) is 12.0 Å². The number of hydrogen-bond acceptors (Lipinski definition) is 6. The highest BCUT2D eigenvalue weighted by Gasteiger charge is 2.20. The number of amides is 1. The van der Waals surface area contributed by atoms with Crippen LogP contribution in [0.3, 0.4) is 0 Å². The lowest BCUT2D eigenvalue weighted by molar-refractivity contribution is 0.00878. The molecule has 31 heavy (non-hydrogen) atoms. The predicted octanol–water partition coefficient (Wildman–Crippen LogP) is 2.69. The first-order valence-corrected chi connectivity index (χ1v) is 10.6. The van der Waals surface area contributed by atoms with Crippen molar-refractivity contribution in [2.24, 2.45) is 0 Å². The van der Waals surface area contributed by atoms with Gasteiger partial charge in [-0.25, -0.2) is 0 Å². The number of aliphatic hydroxyl groups excluding tert-OH is 1. The van der Waals surface area contributed by atoms with Crippen molar-refractivity contribution in [1.82, 2.24) is 9.80 Å². The number of morpholine rings is 1. The van der Waals surface area contributed by atoms with E-state index >= 15 is 0 Å². The lowest BCUT2D eigenvalue weighted by Crippen LogP contribution is -2.45. The summed E-state index contributed by atoms with van der Waals surface area (Å²) in [5, 5.41) is 11.0. The van der Waals surface area contributed by atoms with Crippen molar-refractivity contribution in [2.75, 3.05) is 53.6 Å². The van der Waals surface area contributed by atoms with Crippen molar-refractivity contribution in [3.8, 4) is 11.5 Å². The Morgan fingerprint density at radius 3 is 2.58 bits per heavy atom. The van der Waals surface area contributed by atoms with Crippen LogP contribution >= 0.6 is 11.6 Å². The van der Waals surface area contributed by atoms with Gasteiger partial charge in [0.05, 0.1) is 26.4 Å². The van der Waals surface area contributed by atoms with Gasteiger partial charge >= 0.3 is 0 Å². The molecule has 0 radical (unpaired) electrons. The minimum Gasteiger partial charge on any atom is -0.493 e. The Morgan fingerprint density at radius 1 is 1.19 bits per heavy atom. The monoisotopic (exact) mass is 448 g/mol. The van der Waals surface area contributed by atoms with Crippen molar-refractivity contribution in [3.63, 3.8) is 0 Å². The van der Waals surface area contributed by atoms with E-state index in [-0.39, 0.29) is 12.5 Å². The molecule has 1 heterocycles. The van der Waals surface area contributed by atoms with E-state index in [0.29, 0.717) is 48.5 Å². The number of hydrogen-bond donors (Lipinski definition) is 1. The Kier molecular flexibility index (Phi) is 8.54. The lowest BCUT2D eigenvalue weighted by Gasteiger charge is -2.30. The molecule has 0 aromatic heterocycles. The number of rotatable bonds is 9. The van der Waals surface area contributed by atoms with E-state index < -0.39 is 6.10 Å². The lowest BCUT2D eigenvalue weighted by atomic mass is 10.1. The molecule has 1 saturated heterocycles. The van der Waals surface area contributed by atoms with Gasteiger partial charge in [-0.3, -0.25) is 9.69 Å². The molecule has 0 saturated carbocycles. The van der Waals surface area contributed by atoms with Gasteiger partial charge in [-0.15, -0.1) is 0 Å². The molecule has 0 spiro atoms. The van der Waals surface area contributed by atoms with Crippen LogP contribution in [0.2, 0.25) is 5.02 Å². The summed E-state index contributed by atoms with van der Waals surface area (Å²) in [5.41, 5.74) is 1.44. The van der Waals surface area contributed by atoms with E-state index in [4.69, 9.17) is 25.8 Å². The zero-order valence-electron chi connectivity index (χ0n) is 17.9. The number of aliphatic hydroxyl groups is 1. The van der Waals surface area contributed by atoms with Crippen LogP contribution in [0.1, 0.15) is 15.9 Å². The van der Waals surface area contributed by atoms with Crippen LogP contribution in [0.25, 0.3) is 0 Å². The fourth-order valence-corrected chi connectivity index (χ4v) is 3.55. The van der Waals surface area contributed by atoms with Crippen LogP contribution in [0.4, 0.5) is 0 Å². The molecule has 3 rings (SSSR count). The number of β-amino-alcohol motifs (C(OH)–C–C–N with tert-alkyl or cyclic N) is 1. The number of methoxy groups -OCH3 is 1. The average molecular weight is 449 g/mol. The van der Waals surface area contributed by atoms with E-state index in [1.807, 2.05) is 24.3 Å². The highest BCUT2D eigenvalue weighted by Crippen LogP contribution is 2.29. The molecule has 1 fully saturated rings. The minimum absolute atomic E-state index is 0.191. The Morgan fingerprint density at radius 2 is 1.90 bits per heavy atom. The number of ether oxygens (including phenoxy) is 3. The first kappa shape index (κ1) is 23.3. The number of carbonyl (C=O) groups excluding carboxylic acids is 1. The maximum absolute atomic E-state index is 12.8. The second-order valence-corrected chi connectivity index (χ2v) is 7.97. The minimum atomic E-state index is -0.629. The quantitative estimate of drug-likeness (QED) is 0.636. The third-order valence-electron chi connectivity index (χ3n) is 5.12. The molecule has 8 heteroatoms. The maximum Gasteiger partial charge on any atom is 0.253 e. The van der Waals surface area contributed by atoms with Crippen molar-refractivity contribution in [3.05, 3.63) is 58.6 Å². The van der Waals surface area contributed by atoms with Crippen molar-refractivity contribution in [2.45, 2.75) is 12.7 Å². The van der Waals surface area contributed by atoms with Gasteiger partial charge in [0.25, 0.3) is 5.91 Å². The molecular weight excluding hydrogens is 420 g/mol. The van der Waals surface area contributed by atoms with Gasteiger partial charge in [0.2, 0.25) is 0 Å². The second kappa shape index (κ2) is 11.3. The fourth-order valence-electron chi connectivity index (χ4n) is 3.42. The molecule has 1 atom stereocenters. The number of likely N-dealkylation sites (N-methyl/N-ethyl adjacent to an activating group) is 1. The van der Waals surface area contributed by atoms with Crippen LogP contribution in [0.5, 0.6) is 11.5 Å². The average Bonchev–Trinajstić information content (AvgIpc) is 2.78. The molecule has 2 aromatic rings. The molecular formula is C23H29ClN2O5. The number of carbonyl (C=O) groups is 1. The van der Waals surface area contributed by atoms with Gasteiger partial charge in [0.1, 0.15) is 6.61 Å². The predicted molar refractivity (Wildman–Crippen MR) is 119 cm³/mol. The Bertz CT molecular complexity index is 856. The number of benzene rings is 2. The molecule has 1 amide bonds. The maximum atomic E-state index is 12.8. The molecule has 1 N–H and O–H groups in total. The Labute approximate surface area is 188 Å². The topological polar surface area (TPSA) is 71.5 Å². The molecule has 1 aliphatic rings. The summed E-state index contributed by atoms with van der Waals surface area (Å²) in [5.74, 6) is 0.828. The first-order valence-electron chi connectivity index (χ1n) is 10.2. The third-order valence-corrected chi connectivity index (χ3v) is 5.37. The largest absolute Gasteiger partial charge is 0.493 e. The van der Waals surface area contributed by atoms with Gasteiger partial charge in [-0.05, 0) is 35.9 Å². The highest BCUT2D eigenvalue weighted by molar-refractivity contribution is 6.30. The first-order chi connectivity index (χ1) is 15.0. The molecule has 7 nitrogen and oxygen atoms in total. The SMILES string of the molecule is COc1cc(C(=O)N(C)CC(O)CN2CCOCC2)ccc1OCc1ccc(Cl)cc1. The molecule has 0 bridgehead atoms. The molecule has 1 aliphatic heterocycles. The van der Waals surface area contributed by atoms with Gasteiger partial charge in [0, 0.05) is 43.8 Å². The van der Waals surface area contributed by atoms with Crippen LogP contribution < -0.4 is 9.47 Å². The van der Waals surface area contributed by atoms with Crippen LogP contribution in [0.15, 0.2) is 42.5 Å². The van der Waals surface area contributed by atoms with Crippen LogP contribution in [-0.2, 0) is 11.3 Å². The van der Waals surface area contributed by atoms with Gasteiger partial charge < -0.3 is 24.2 Å². The van der Waals surface area contributed by atoms with Crippen molar-refractivity contribution >= 4 is 17.5 Å². The Hall–Kier alpha value is -2.32. The number of nitrogens with zero attached hydrogens (tertiary/aromatic N) is 2. The standard InChI is InChI=1S/C23H29ClN2O5/c1-25(14-20(27)15-26-9-11-30-12-10-26)23(28)18-5-8-21(22(13-18)29-2)31-16-17-3-6-19(24)7-4-17/h3-8,13,20,27H,9-12,14-16H2,1-2H3. The van der Waals surface area contributed by atoms with E-state index in [0.717, 1.165) is 18.7 Å². The van der Waals surface area contributed by atoms with Gasteiger partial charge in [-0.1, -0.05) is 23.7 Å². The summed E-state index contributed by atoms with van der Waals surface area (Å²) in [6.45, 7) is 4.05. The zero-order valence-corrected chi connectivity index (χ0v) is 18.7. The van der Waals surface area contributed by atoms with Gasteiger partial charge in [0.15, 0.2) is 11.5 Å². The summed E-state index contributed by atoms with van der Waals surface area (Å²) in [7, 11) is 3.22.